The van der Waals surface area contributed by atoms with Crippen LogP contribution in [-0.4, -0.2) is 28.6 Å². The average Bonchev–Trinajstić information content (AvgIpc) is 2.59. The minimum Gasteiger partial charge on any atom is -0.478 e. The number of para-hydroxylation sites is 1. The molecular weight excluding hydrogens is 340 g/mol. The van der Waals surface area contributed by atoms with Crippen LogP contribution in [0.5, 0.6) is 0 Å². The van der Waals surface area contributed by atoms with E-state index in [-0.39, 0.29) is 11.7 Å². The molecule has 0 radical (unpaired) electrons. The van der Waals surface area contributed by atoms with Gasteiger partial charge in [0.1, 0.15) is 0 Å². The highest BCUT2D eigenvalue weighted by Crippen LogP contribution is 2.22. The number of carbonyl (C=O) groups is 3. The number of aliphatic carboxylic acids is 1. The molecule has 0 aliphatic carbocycles. The van der Waals surface area contributed by atoms with Crippen LogP contribution >= 0.6 is 11.8 Å². The summed E-state index contributed by atoms with van der Waals surface area (Å²) in [6.45, 7) is 0. The fourth-order valence-corrected chi connectivity index (χ4v) is 2.62. The van der Waals surface area contributed by atoms with Gasteiger partial charge in [-0.3, -0.25) is 9.59 Å². The van der Waals surface area contributed by atoms with Crippen molar-refractivity contribution in [2.75, 3.05) is 16.4 Å². The summed E-state index contributed by atoms with van der Waals surface area (Å²) < 4.78 is 0. The average molecular weight is 356 g/mol. The Morgan fingerprint density at radius 2 is 1.64 bits per heavy atom. The number of carbonyl (C=O) groups excluding carboxylic acids is 2. The lowest BCUT2D eigenvalue weighted by atomic mass is 10.3. The molecule has 0 atom stereocenters. The van der Waals surface area contributed by atoms with Crippen molar-refractivity contribution in [1.82, 2.24) is 0 Å². The van der Waals surface area contributed by atoms with Crippen LogP contribution in [0.2, 0.25) is 0 Å². The predicted octanol–water partition coefficient (Wildman–Crippen LogP) is 3.00. The normalized spacial score (nSPS) is 10.4. The third-order valence-electron chi connectivity index (χ3n) is 2.91. The van der Waals surface area contributed by atoms with Gasteiger partial charge < -0.3 is 15.7 Å². The van der Waals surface area contributed by atoms with E-state index in [4.69, 9.17) is 5.11 Å². The first-order chi connectivity index (χ1) is 12.0. The molecule has 0 heterocycles. The SMILES string of the molecule is O=C(O)/C=C/C(=O)Nc1cccc(SCC(=O)Nc2ccccc2)c1. The van der Waals surface area contributed by atoms with Crippen molar-refractivity contribution in [2.24, 2.45) is 0 Å². The molecule has 0 fully saturated rings. The monoisotopic (exact) mass is 356 g/mol. The molecule has 0 saturated heterocycles. The molecule has 0 aromatic heterocycles. The molecule has 0 aliphatic rings. The summed E-state index contributed by atoms with van der Waals surface area (Å²) in [6, 6.07) is 16.1. The lowest BCUT2D eigenvalue weighted by molar-refractivity contribution is -0.131. The fourth-order valence-electron chi connectivity index (χ4n) is 1.86. The van der Waals surface area contributed by atoms with Gasteiger partial charge in [0.15, 0.2) is 0 Å². The maximum Gasteiger partial charge on any atom is 0.328 e. The van der Waals surface area contributed by atoms with E-state index >= 15 is 0 Å². The van der Waals surface area contributed by atoms with Crippen LogP contribution < -0.4 is 10.6 Å². The first-order valence-electron chi connectivity index (χ1n) is 7.33. The van der Waals surface area contributed by atoms with E-state index in [2.05, 4.69) is 10.6 Å². The molecule has 3 N–H and O–H groups in total. The van der Waals surface area contributed by atoms with Gasteiger partial charge in [-0.05, 0) is 30.3 Å². The first kappa shape index (κ1) is 18.3. The van der Waals surface area contributed by atoms with Gasteiger partial charge in [0.2, 0.25) is 11.8 Å². The highest BCUT2D eigenvalue weighted by molar-refractivity contribution is 8.00. The maximum absolute atomic E-state index is 11.9. The summed E-state index contributed by atoms with van der Waals surface area (Å²) in [6.07, 6.45) is 1.71. The zero-order valence-electron chi connectivity index (χ0n) is 13.1. The van der Waals surface area contributed by atoms with Crippen LogP contribution in [0.1, 0.15) is 0 Å². The van der Waals surface area contributed by atoms with Crippen molar-refractivity contribution < 1.29 is 19.5 Å². The van der Waals surface area contributed by atoms with Crippen molar-refractivity contribution in [1.29, 1.82) is 0 Å². The van der Waals surface area contributed by atoms with E-state index in [1.807, 2.05) is 36.4 Å². The number of carboxylic acids is 1. The molecule has 128 valence electrons. The van der Waals surface area contributed by atoms with Crippen molar-refractivity contribution in [3.05, 3.63) is 66.7 Å². The number of carboxylic acid groups (broad SMARTS) is 1. The number of nitrogens with one attached hydrogen (secondary N) is 2. The molecular formula is C18H16N2O4S. The van der Waals surface area contributed by atoms with Gasteiger partial charge in [-0.25, -0.2) is 4.79 Å². The molecule has 7 heteroatoms. The molecule has 0 saturated carbocycles. The Morgan fingerprint density at radius 3 is 2.36 bits per heavy atom. The summed E-state index contributed by atoms with van der Waals surface area (Å²) >= 11 is 1.33. The van der Waals surface area contributed by atoms with Gasteiger partial charge in [0.25, 0.3) is 0 Å². The van der Waals surface area contributed by atoms with Gasteiger partial charge >= 0.3 is 5.97 Å². The zero-order valence-corrected chi connectivity index (χ0v) is 14.0. The minimum atomic E-state index is -1.19. The summed E-state index contributed by atoms with van der Waals surface area (Å²) in [5.41, 5.74) is 1.26. The molecule has 0 aliphatic heterocycles. The molecule has 2 amide bonds. The Morgan fingerprint density at radius 1 is 0.920 bits per heavy atom. The smallest absolute Gasteiger partial charge is 0.328 e. The van der Waals surface area contributed by atoms with E-state index in [0.717, 1.165) is 22.7 Å². The second kappa shape index (κ2) is 9.29. The molecule has 2 aromatic carbocycles. The molecule has 25 heavy (non-hydrogen) atoms. The first-order valence-corrected chi connectivity index (χ1v) is 8.31. The van der Waals surface area contributed by atoms with Crippen LogP contribution in [0.25, 0.3) is 0 Å². The fraction of sp³-hybridized carbons (Fsp3) is 0.0556. The number of rotatable bonds is 7. The highest BCUT2D eigenvalue weighted by Gasteiger charge is 2.05. The Hall–Kier alpha value is -3.06. The molecule has 0 spiro atoms. The Kier molecular flexibility index (Phi) is 6.79. The van der Waals surface area contributed by atoms with Crippen LogP contribution in [0.3, 0.4) is 0 Å². The number of hydrogen-bond acceptors (Lipinski definition) is 4. The van der Waals surface area contributed by atoms with Crippen LogP contribution in [0, 0.1) is 0 Å². The van der Waals surface area contributed by atoms with Crippen LogP contribution in [0.15, 0.2) is 71.6 Å². The lowest BCUT2D eigenvalue weighted by Gasteiger charge is -2.07. The highest BCUT2D eigenvalue weighted by atomic mass is 32.2. The maximum atomic E-state index is 11.9. The zero-order chi connectivity index (χ0) is 18.1. The topological polar surface area (TPSA) is 95.5 Å². The van der Waals surface area contributed by atoms with E-state index < -0.39 is 11.9 Å². The number of thioether (sulfide) groups is 1. The van der Waals surface area contributed by atoms with Crippen molar-refractivity contribution in [3.63, 3.8) is 0 Å². The van der Waals surface area contributed by atoms with E-state index in [0.29, 0.717) is 5.69 Å². The second-order valence-corrected chi connectivity index (χ2v) is 5.94. The third-order valence-corrected chi connectivity index (χ3v) is 3.90. The van der Waals surface area contributed by atoms with E-state index in [1.54, 1.807) is 18.2 Å². The van der Waals surface area contributed by atoms with E-state index in [1.165, 1.54) is 11.8 Å². The summed E-state index contributed by atoms with van der Waals surface area (Å²) in [5, 5.41) is 13.8. The summed E-state index contributed by atoms with van der Waals surface area (Å²) in [7, 11) is 0. The number of amides is 2. The summed E-state index contributed by atoms with van der Waals surface area (Å²) in [5.74, 6) is -1.63. The van der Waals surface area contributed by atoms with E-state index in [9.17, 15) is 14.4 Å². The van der Waals surface area contributed by atoms with Gasteiger partial charge in [0.05, 0.1) is 5.75 Å². The van der Waals surface area contributed by atoms with Crippen LogP contribution in [-0.2, 0) is 14.4 Å². The standard InChI is InChI=1S/C18H16N2O4S/c21-16(9-10-18(23)24)20-14-7-4-8-15(11-14)25-12-17(22)19-13-5-2-1-3-6-13/h1-11H,12H2,(H,19,22)(H,20,21)(H,23,24)/b10-9+. The quantitative estimate of drug-likeness (QED) is 0.524. The number of anilines is 2. The van der Waals surface area contributed by atoms with Gasteiger partial charge in [-0.1, -0.05) is 24.3 Å². The molecule has 2 aromatic rings. The lowest BCUT2D eigenvalue weighted by Crippen LogP contribution is -2.13. The predicted molar refractivity (Wildman–Crippen MR) is 97.6 cm³/mol. The Labute approximate surface area is 148 Å². The summed E-state index contributed by atoms with van der Waals surface area (Å²) in [4.78, 5) is 34.7. The van der Waals surface area contributed by atoms with Gasteiger partial charge in [-0.15, -0.1) is 11.8 Å². The van der Waals surface area contributed by atoms with Crippen molar-refractivity contribution in [2.45, 2.75) is 4.90 Å². The minimum absolute atomic E-state index is 0.130. The van der Waals surface area contributed by atoms with Gasteiger partial charge in [0, 0.05) is 28.4 Å². The van der Waals surface area contributed by atoms with Crippen molar-refractivity contribution in [3.8, 4) is 0 Å². The van der Waals surface area contributed by atoms with Crippen LogP contribution in [0.4, 0.5) is 11.4 Å². The van der Waals surface area contributed by atoms with Gasteiger partial charge in [-0.2, -0.15) is 0 Å². The molecule has 2 rings (SSSR count). The number of benzene rings is 2. The largest absolute Gasteiger partial charge is 0.478 e. The third kappa shape index (κ3) is 6.92. The van der Waals surface area contributed by atoms with Crippen molar-refractivity contribution >= 4 is 40.9 Å². The Bertz CT molecular complexity index is 791. The second-order valence-electron chi connectivity index (χ2n) is 4.89. The molecule has 0 bridgehead atoms. The molecule has 6 nitrogen and oxygen atoms in total. The molecule has 0 unspecified atom stereocenters. The Balaban J connectivity index is 1.87. The number of hydrogen-bond donors (Lipinski definition) is 3.